The summed E-state index contributed by atoms with van der Waals surface area (Å²) in [6, 6.07) is 9.15. The molecule has 1 aromatic heterocycles. The van der Waals surface area contributed by atoms with Gasteiger partial charge in [0, 0.05) is 44.2 Å². The predicted octanol–water partition coefficient (Wildman–Crippen LogP) is 3.06. The van der Waals surface area contributed by atoms with Crippen LogP contribution in [0.2, 0.25) is 0 Å². The first-order chi connectivity index (χ1) is 13.0. The summed E-state index contributed by atoms with van der Waals surface area (Å²) in [5.41, 5.74) is 3.52. The lowest BCUT2D eigenvalue weighted by Gasteiger charge is -2.29. The highest BCUT2D eigenvalue weighted by Crippen LogP contribution is 2.29. The summed E-state index contributed by atoms with van der Waals surface area (Å²) in [5.74, 6) is 0.298. The molecule has 5 heteroatoms. The molecule has 0 unspecified atom stereocenters. The molecule has 0 saturated carbocycles. The second-order valence-electron chi connectivity index (χ2n) is 8.15. The molecule has 0 bridgehead atoms. The lowest BCUT2D eigenvalue weighted by atomic mass is 10.1. The van der Waals surface area contributed by atoms with Crippen LogP contribution in [0.1, 0.15) is 31.7 Å². The monoisotopic (exact) mass is 366 g/mol. The van der Waals surface area contributed by atoms with Gasteiger partial charge in [0.25, 0.3) is 0 Å². The van der Waals surface area contributed by atoms with E-state index in [0.29, 0.717) is 24.5 Å². The number of aryl methyl sites for hydroxylation is 1. The molecule has 0 aliphatic carbocycles. The molecule has 0 N–H and O–H groups in total. The largest absolute Gasteiger partial charge is 0.369 e. The third-order valence-corrected chi connectivity index (χ3v) is 6.43. The quantitative estimate of drug-likeness (QED) is 0.834. The van der Waals surface area contributed by atoms with Crippen LogP contribution in [0.5, 0.6) is 0 Å². The van der Waals surface area contributed by atoms with Crippen LogP contribution in [0.15, 0.2) is 30.5 Å². The van der Waals surface area contributed by atoms with Crippen molar-refractivity contribution in [2.75, 3.05) is 38.1 Å². The van der Waals surface area contributed by atoms with Crippen molar-refractivity contribution < 1.29 is 4.79 Å². The zero-order chi connectivity index (χ0) is 19.0. The van der Waals surface area contributed by atoms with Gasteiger partial charge < -0.3 is 9.80 Å². The minimum Gasteiger partial charge on any atom is -0.369 e. The van der Waals surface area contributed by atoms with Gasteiger partial charge in [0.05, 0.1) is 23.9 Å². The summed E-state index contributed by atoms with van der Waals surface area (Å²) in [4.78, 5) is 24.0. The molecule has 1 amide bonds. The summed E-state index contributed by atoms with van der Waals surface area (Å²) in [7, 11) is 2.16. The van der Waals surface area contributed by atoms with Crippen LogP contribution in [0, 0.1) is 6.92 Å². The number of carbonyl (C=O) groups is 1. The highest BCUT2D eigenvalue weighted by atomic mass is 16.2. The molecule has 4 rings (SSSR count). The van der Waals surface area contributed by atoms with Crippen molar-refractivity contribution in [1.29, 1.82) is 0 Å². The molecule has 0 spiro atoms. The third-order valence-electron chi connectivity index (χ3n) is 6.43. The van der Waals surface area contributed by atoms with Crippen molar-refractivity contribution in [1.82, 2.24) is 14.8 Å². The van der Waals surface area contributed by atoms with Crippen LogP contribution >= 0.6 is 0 Å². The molecule has 2 aliphatic rings. The van der Waals surface area contributed by atoms with E-state index in [2.05, 4.69) is 58.8 Å². The average Bonchev–Trinajstić information content (AvgIpc) is 3.31. The highest BCUT2D eigenvalue weighted by Gasteiger charge is 2.31. The molecule has 1 aromatic carbocycles. The van der Waals surface area contributed by atoms with E-state index >= 15 is 0 Å². The lowest BCUT2D eigenvalue weighted by Crippen LogP contribution is -2.42. The molecule has 2 atom stereocenters. The van der Waals surface area contributed by atoms with Crippen molar-refractivity contribution in [3.8, 4) is 0 Å². The summed E-state index contributed by atoms with van der Waals surface area (Å²) >= 11 is 0. The molecule has 144 valence electrons. The Bertz CT molecular complexity index is 836. The number of pyridine rings is 1. The first-order valence-corrected chi connectivity index (χ1v) is 10.1. The first-order valence-electron chi connectivity index (χ1n) is 10.1. The van der Waals surface area contributed by atoms with Crippen LogP contribution in [-0.4, -0.2) is 66.0 Å². The maximum Gasteiger partial charge on any atom is 0.236 e. The molecule has 27 heavy (non-hydrogen) atoms. The second kappa shape index (κ2) is 7.47. The minimum atomic E-state index is 0.298. The van der Waals surface area contributed by atoms with Gasteiger partial charge in [-0.3, -0.25) is 14.7 Å². The zero-order valence-electron chi connectivity index (χ0n) is 16.7. The van der Waals surface area contributed by atoms with E-state index in [1.54, 1.807) is 0 Å². The fourth-order valence-corrected chi connectivity index (χ4v) is 4.68. The van der Waals surface area contributed by atoms with Crippen LogP contribution < -0.4 is 4.90 Å². The van der Waals surface area contributed by atoms with Gasteiger partial charge in [-0.1, -0.05) is 18.2 Å². The molecule has 0 radical (unpaired) electrons. The Kier molecular flexibility index (Phi) is 5.04. The summed E-state index contributed by atoms with van der Waals surface area (Å²) in [6.45, 7) is 7.77. The van der Waals surface area contributed by atoms with Crippen molar-refractivity contribution in [3.63, 3.8) is 0 Å². The molecule has 3 heterocycles. The zero-order valence-corrected chi connectivity index (χ0v) is 16.7. The fraction of sp³-hybridized carbons (Fsp3) is 0.545. The number of anilines is 1. The van der Waals surface area contributed by atoms with E-state index in [1.807, 2.05) is 12.3 Å². The molecule has 2 aliphatic heterocycles. The van der Waals surface area contributed by atoms with E-state index in [-0.39, 0.29) is 0 Å². The first kappa shape index (κ1) is 18.2. The van der Waals surface area contributed by atoms with Gasteiger partial charge >= 0.3 is 0 Å². The number of nitrogens with zero attached hydrogens (tertiary/aromatic N) is 4. The van der Waals surface area contributed by atoms with Gasteiger partial charge in [-0.25, -0.2) is 0 Å². The summed E-state index contributed by atoms with van der Waals surface area (Å²) < 4.78 is 0. The Morgan fingerprint density at radius 2 is 2.07 bits per heavy atom. The Hall–Kier alpha value is -2.14. The minimum absolute atomic E-state index is 0.298. The van der Waals surface area contributed by atoms with E-state index < -0.39 is 0 Å². The van der Waals surface area contributed by atoms with E-state index in [4.69, 9.17) is 0 Å². The van der Waals surface area contributed by atoms with Gasteiger partial charge in [-0.2, -0.15) is 0 Å². The normalized spacial score (nSPS) is 23.3. The van der Waals surface area contributed by atoms with E-state index in [9.17, 15) is 4.79 Å². The van der Waals surface area contributed by atoms with Crippen molar-refractivity contribution in [2.45, 2.75) is 45.2 Å². The van der Waals surface area contributed by atoms with Gasteiger partial charge in [0.15, 0.2) is 0 Å². The van der Waals surface area contributed by atoms with Gasteiger partial charge in [0.1, 0.15) is 0 Å². The Morgan fingerprint density at radius 3 is 2.85 bits per heavy atom. The van der Waals surface area contributed by atoms with Crippen molar-refractivity contribution >= 4 is 22.5 Å². The number of fused-ring (bicyclic) bond motifs is 1. The maximum absolute atomic E-state index is 12.6. The number of amides is 1. The van der Waals surface area contributed by atoms with Crippen LogP contribution in [0.4, 0.5) is 5.69 Å². The van der Waals surface area contributed by atoms with E-state index in [0.717, 1.165) is 44.4 Å². The van der Waals surface area contributed by atoms with E-state index in [1.165, 1.54) is 16.6 Å². The average molecular weight is 367 g/mol. The molecule has 5 nitrogen and oxygen atoms in total. The molecule has 2 saturated heterocycles. The molecular weight excluding hydrogens is 336 g/mol. The fourth-order valence-electron chi connectivity index (χ4n) is 4.68. The van der Waals surface area contributed by atoms with Crippen LogP contribution in [-0.2, 0) is 4.79 Å². The molecular formula is C22H30N4O. The number of aromatic nitrogens is 1. The third kappa shape index (κ3) is 3.53. The molecule has 2 aromatic rings. The predicted molar refractivity (Wildman–Crippen MR) is 110 cm³/mol. The van der Waals surface area contributed by atoms with Gasteiger partial charge in [0.2, 0.25) is 5.91 Å². The molecule has 2 fully saturated rings. The number of hydrogen-bond acceptors (Lipinski definition) is 4. The number of para-hydroxylation sites is 1. The SMILES string of the molecule is Cc1c(N(C)[C@H]2CCN(CC(=O)N3CCC[C@H]3C)C2)cnc2ccccc12. The number of carbonyl (C=O) groups excluding carboxylic acids is 1. The maximum atomic E-state index is 12.6. The Labute approximate surface area is 162 Å². The number of benzene rings is 1. The summed E-state index contributed by atoms with van der Waals surface area (Å²) in [5, 5.41) is 1.22. The van der Waals surface area contributed by atoms with Crippen LogP contribution in [0.25, 0.3) is 10.9 Å². The van der Waals surface area contributed by atoms with Crippen molar-refractivity contribution in [3.05, 3.63) is 36.0 Å². The number of rotatable bonds is 4. The smallest absolute Gasteiger partial charge is 0.236 e. The van der Waals surface area contributed by atoms with Crippen molar-refractivity contribution in [2.24, 2.45) is 0 Å². The number of likely N-dealkylation sites (tertiary alicyclic amines) is 2. The second-order valence-corrected chi connectivity index (χ2v) is 8.15. The summed E-state index contributed by atoms with van der Waals surface area (Å²) in [6.07, 6.45) is 5.38. The Balaban J connectivity index is 1.43. The number of likely N-dealkylation sites (N-methyl/N-ethyl adjacent to an activating group) is 1. The Morgan fingerprint density at radius 1 is 1.26 bits per heavy atom. The number of hydrogen-bond donors (Lipinski definition) is 0. The lowest BCUT2D eigenvalue weighted by molar-refractivity contribution is -0.132. The standard InChI is InChI=1S/C22H30N4O/c1-16-7-6-11-26(16)22(27)15-25-12-10-18(14-25)24(3)21-13-23-20-9-5-4-8-19(20)17(21)2/h4-5,8-9,13,16,18H,6-7,10-12,14-15H2,1-3H3/t16-,18+/m1/s1. The van der Waals surface area contributed by atoms with Gasteiger partial charge in [-0.05, 0) is 44.7 Å². The van der Waals surface area contributed by atoms with Gasteiger partial charge in [-0.15, -0.1) is 0 Å². The topological polar surface area (TPSA) is 39.7 Å². The van der Waals surface area contributed by atoms with Crippen LogP contribution in [0.3, 0.4) is 0 Å². The highest BCUT2D eigenvalue weighted by molar-refractivity contribution is 5.86.